The summed E-state index contributed by atoms with van der Waals surface area (Å²) in [5.41, 5.74) is 6.05. The Bertz CT molecular complexity index is 260. The van der Waals surface area contributed by atoms with E-state index in [9.17, 15) is 0 Å². The molecule has 13 heavy (non-hydrogen) atoms. The van der Waals surface area contributed by atoms with Crippen LogP contribution in [0, 0.1) is 5.92 Å². The monoisotopic (exact) mass is 181 g/mol. The first-order valence-corrected chi connectivity index (χ1v) is 4.60. The number of oxazole rings is 1. The van der Waals surface area contributed by atoms with Gasteiger partial charge in [-0.3, -0.25) is 0 Å². The van der Waals surface area contributed by atoms with Crippen molar-refractivity contribution < 1.29 is 4.42 Å². The normalized spacial score (nSPS) is 26.5. The molecule has 2 N–H and O–H groups in total. The minimum absolute atomic E-state index is 0.00690. The van der Waals surface area contributed by atoms with Gasteiger partial charge in [-0.05, 0) is 25.9 Å². The highest BCUT2D eigenvalue weighted by atomic mass is 16.3. The van der Waals surface area contributed by atoms with Crippen LogP contribution in [0.4, 0.5) is 0 Å². The van der Waals surface area contributed by atoms with Crippen LogP contribution < -0.4 is 5.73 Å². The van der Waals surface area contributed by atoms with Crippen molar-refractivity contribution in [3.63, 3.8) is 0 Å². The molecule has 2 heterocycles. The van der Waals surface area contributed by atoms with Crippen LogP contribution in [-0.2, 0) is 0 Å². The van der Waals surface area contributed by atoms with E-state index in [4.69, 9.17) is 10.2 Å². The zero-order chi connectivity index (χ0) is 9.26. The number of rotatable bonds is 2. The number of hydrogen-bond acceptors (Lipinski definition) is 4. The Hall–Kier alpha value is -0.870. The van der Waals surface area contributed by atoms with E-state index in [2.05, 4.69) is 16.9 Å². The third-order valence-corrected chi connectivity index (χ3v) is 2.72. The topological polar surface area (TPSA) is 55.3 Å². The molecule has 2 atom stereocenters. The Labute approximate surface area is 77.7 Å². The van der Waals surface area contributed by atoms with E-state index in [1.54, 1.807) is 6.20 Å². The van der Waals surface area contributed by atoms with Crippen molar-refractivity contribution in [2.75, 3.05) is 20.1 Å². The average molecular weight is 181 g/mol. The standard InChI is InChI=1S/C9H15N3O/c1-12-3-2-7(5-12)9(10)8-4-11-6-13-8/h4,6-7,9H,2-3,5,10H2,1H3. The second-order valence-electron chi connectivity index (χ2n) is 3.74. The fraction of sp³-hybridized carbons (Fsp3) is 0.667. The Kier molecular flexibility index (Phi) is 2.33. The van der Waals surface area contributed by atoms with Gasteiger partial charge in [0.2, 0.25) is 0 Å². The molecule has 2 unspecified atom stereocenters. The molecular weight excluding hydrogens is 166 g/mol. The Morgan fingerprint density at radius 2 is 2.62 bits per heavy atom. The SMILES string of the molecule is CN1CCC(C(N)c2cnco2)C1. The van der Waals surface area contributed by atoms with Gasteiger partial charge in [-0.15, -0.1) is 0 Å². The van der Waals surface area contributed by atoms with Crippen molar-refractivity contribution in [1.29, 1.82) is 0 Å². The van der Waals surface area contributed by atoms with E-state index < -0.39 is 0 Å². The predicted molar refractivity (Wildman–Crippen MR) is 49.0 cm³/mol. The van der Waals surface area contributed by atoms with Gasteiger partial charge >= 0.3 is 0 Å². The van der Waals surface area contributed by atoms with Gasteiger partial charge in [0, 0.05) is 6.54 Å². The zero-order valence-corrected chi connectivity index (χ0v) is 7.81. The summed E-state index contributed by atoms with van der Waals surface area (Å²) < 4.78 is 5.19. The molecule has 1 aromatic rings. The van der Waals surface area contributed by atoms with E-state index in [1.165, 1.54) is 6.39 Å². The van der Waals surface area contributed by atoms with Crippen molar-refractivity contribution in [3.8, 4) is 0 Å². The fourth-order valence-electron chi connectivity index (χ4n) is 1.88. The number of likely N-dealkylation sites (tertiary alicyclic amines) is 1. The summed E-state index contributed by atoms with van der Waals surface area (Å²) in [6.07, 6.45) is 4.30. The predicted octanol–water partition coefficient (Wildman–Crippen LogP) is 0.626. The maximum atomic E-state index is 6.05. The minimum Gasteiger partial charge on any atom is -0.447 e. The second-order valence-corrected chi connectivity index (χ2v) is 3.74. The van der Waals surface area contributed by atoms with Crippen molar-refractivity contribution in [2.45, 2.75) is 12.5 Å². The van der Waals surface area contributed by atoms with Crippen LogP contribution in [0.2, 0.25) is 0 Å². The molecule has 0 aliphatic carbocycles. The molecule has 0 saturated carbocycles. The highest BCUT2D eigenvalue weighted by Crippen LogP contribution is 2.26. The van der Waals surface area contributed by atoms with Crippen LogP contribution in [-0.4, -0.2) is 30.0 Å². The summed E-state index contributed by atoms with van der Waals surface area (Å²) in [5.74, 6) is 1.32. The third-order valence-electron chi connectivity index (χ3n) is 2.72. The number of nitrogens with two attached hydrogens (primary N) is 1. The minimum atomic E-state index is 0.00690. The molecule has 1 saturated heterocycles. The highest BCUT2D eigenvalue weighted by molar-refractivity contribution is 5.00. The lowest BCUT2D eigenvalue weighted by molar-refractivity contribution is 0.343. The molecule has 1 aliphatic rings. The lowest BCUT2D eigenvalue weighted by Gasteiger charge is -2.15. The molecular formula is C9H15N3O. The molecule has 0 bridgehead atoms. The van der Waals surface area contributed by atoms with Gasteiger partial charge in [-0.2, -0.15) is 0 Å². The van der Waals surface area contributed by atoms with Gasteiger partial charge in [-0.1, -0.05) is 0 Å². The van der Waals surface area contributed by atoms with Crippen molar-refractivity contribution in [2.24, 2.45) is 11.7 Å². The molecule has 4 nitrogen and oxygen atoms in total. The summed E-state index contributed by atoms with van der Waals surface area (Å²) in [6, 6.07) is 0.00690. The molecule has 4 heteroatoms. The van der Waals surface area contributed by atoms with Crippen molar-refractivity contribution in [1.82, 2.24) is 9.88 Å². The molecule has 0 aromatic carbocycles. The van der Waals surface area contributed by atoms with Gasteiger partial charge in [-0.25, -0.2) is 4.98 Å². The first kappa shape index (κ1) is 8.72. The lowest BCUT2D eigenvalue weighted by atomic mass is 9.98. The van der Waals surface area contributed by atoms with Crippen LogP contribution in [0.5, 0.6) is 0 Å². The van der Waals surface area contributed by atoms with E-state index in [0.717, 1.165) is 25.3 Å². The van der Waals surface area contributed by atoms with Gasteiger partial charge in [0.1, 0.15) is 5.76 Å². The van der Waals surface area contributed by atoms with Gasteiger partial charge in [0.15, 0.2) is 6.39 Å². The first-order valence-electron chi connectivity index (χ1n) is 4.60. The van der Waals surface area contributed by atoms with Gasteiger partial charge < -0.3 is 15.1 Å². The summed E-state index contributed by atoms with van der Waals surface area (Å²) >= 11 is 0. The largest absolute Gasteiger partial charge is 0.447 e. The van der Waals surface area contributed by atoms with E-state index >= 15 is 0 Å². The maximum Gasteiger partial charge on any atom is 0.180 e. The number of nitrogens with zero attached hydrogens (tertiary/aromatic N) is 2. The number of aromatic nitrogens is 1. The molecule has 1 fully saturated rings. The zero-order valence-electron chi connectivity index (χ0n) is 7.81. The summed E-state index contributed by atoms with van der Waals surface area (Å²) in [5, 5.41) is 0. The molecule has 1 aliphatic heterocycles. The highest BCUT2D eigenvalue weighted by Gasteiger charge is 2.27. The smallest absolute Gasteiger partial charge is 0.180 e. The van der Waals surface area contributed by atoms with Gasteiger partial charge in [0.25, 0.3) is 0 Å². The molecule has 1 aromatic heterocycles. The van der Waals surface area contributed by atoms with Crippen LogP contribution in [0.25, 0.3) is 0 Å². The first-order chi connectivity index (χ1) is 6.27. The average Bonchev–Trinajstić information content (AvgIpc) is 2.72. The Balaban J connectivity index is 2.02. The van der Waals surface area contributed by atoms with Crippen LogP contribution in [0.3, 0.4) is 0 Å². The molecule has 0 amide bonds. The second kappa shape index (κ2) is 3.47. The summed E-state index contributed by atoms with van der Waals surface area (Å²) in [6.45, 7) is 2.19. The van der Waals surface area contributed by atoms with E-state index in [1.807, 2.05) is 0 Å². The Morgan fingerprint density at radius 3 is 3.15 bits per heavy atom. The lowest BCUT2D eigenvalue weighted by Crippen LogP contribution is -2.23. The van der Waals surface area contributed by atoms with Crippen LogP contribution in [0.15, 0.2) is 17.0 Å². The molecule has 0 spiro atoms. The maximum absolute atomic E-state index is 6.05. The number of hydrogen-bond donors (Lipinski definition) is 1. The van der Waals surface area contributed by atoms with Gasteiger partial charge in [0.05, 0.1) is 12.2 Å². The quantitative estimate of drug-likeness (QED) is 0.727. The van der Waals surface area contributed by atoms with E-state index in [-0.39, 0.29) is 6.04 Å². The van der Waals surface area contributed by atoms with Crippen LogP contribution >= 0.6 is 0 Å². The van der Waals surface area contributed by atoms with E-state index in [0.29, 0.717) is 5.92 Å². The summed E-state index contributed by atoms with van der Waals surface area (Å²) in [4.78, 5) is 6.17. The molecule has 0 radical (unpaired) electrons. The van der Waals surface area contributed by atoms with Crippen molar-refractivity contribution in [3.05, 3.63) is 18.4 Å². The Morgan fingerprint density at radius 1 is 1.77 bits per heavy atom. The molecule has 72 valence electrons. The van der Waals surface area contributed by atoms with Crippen LogP contribution in [0.1, 0.15) is 18.2 Å². The third kappa shape index (κ3) is 1.73. The molecule has 2 rings (SSSR count). The fourth-order valence-corrected chi connectivity index (χ4v) is 1.88. The van der Waals surface area contributed by atoms with Crippen molar-refractivity contribution >= 4 is 0 Å². The summed E-state index contributed by atoms with van der Waals surface area (Å²) in [7, 11) is 2.12.